The van der Waals surface area contributed by atoms with Crippen molar-refractivity contribution in [3.63, 3.8) is 0 Å². The van der Waals surface area contributed by atoms with E-state index in [0.717, 1.165) is 49.3 Å². The van der Waals surface area contributed by atoms with E-state index < -0.39 is 0 Å². The molecule has 1 aromatic heterocycles. The number of piperidine rings is 1. The van der Waals surface area contributed by atoms with Crippen LogP contribution in [-0.2, 0) is 5.41 Å². The summed E-state index contributed by atoms with van der Waals surface area (Å²) in [5.41, 5.74) is 3.45. The number of aromatic nitrogens is 1. The van der Waals surface area contributed by atoms with Gasteiger partial charge in [-0.05, 0) is 79.5 Å². The summed E-state index contributed by atoms with van der Waals surface area (Å²) < 4.78 is 0. The molecule has 0 aliphatic carbocycles. The third-order valence-electron chi connectivity index (χ3n) is 6.94. The molecule has 2 aliphatic heterocycles. The molecule has 5 rings (SSSR count). The number of amides is 1. The first-order chi connectivity index (χ1) is 16.8. The van der Waals surface area contributed by atoms with Crippen molar-refractivity contribution in [1.29, 1.82) is 0 Å². The molecule has 0 bridgehead atoms. The fourth-order valence-electron chi connectivity index (χ4n) is 5.07. The molecule has 3 aromatic rings. The van der Waals surface area contributed by atoms with Crippen LogP contribution in [0.5, 0.6) is 0 Å². The van der Waals surface area contributed by atoms with E-state index in [1.807, 2.05) is 41.3 Å². The van der Waals surface area contributed by atoms with Crippen LogP contribution < -0.4 is 4.90 Å². The molecule has 2 aliphatic rings. The molecule has 0 saturated carbocycles. The number of nitrogens with zero attached hydrogens (tertiary/aromatic N) is 3. The molecule has 0 radical (unpaired) electrons. The Balaban J connectivity index is 1.31. The van der Waals surface area contributed by atoms with Crippen molar-refractivity contribution in [3.8, 4) is 0 Å². The molecule has 0 N–H and O–H groups in total. The zero-order valence-electron chi connectivity index (χ0n) is 18.9. The third kappa shape index (κ3) is 5.09. The second kappa shape index (κ2) is 10.1. The number of halogens is 4. The zero-order chi connectivity index (χ0) is 24.6. The molecule has 2 aromatic carbocycles. The fourth-order valence-corrected chi connectivity index (χ4v) is 5.89. The molecule has 1 spiro atoms. The highest BCUT2D eigenvalue weighted by molar-refractivity contribution is 6.35. The highest BCUT2D eigenvalue weighted by atomic mass is 35.5. The van der Waals surface area contributed by atoms with E-state index in [0.29, 0.717) is 32.3 Å². The molecule has 1 saturated heterocycles. The van der Waals surface area contributed by atoms with E-state index in [1.54, 1.807) is 24.4 Å². The molecule has 0 atom stereocenters. The number of anilines is 1. The van der Waals surface area contributed by atoms with Gasteiger partial charge in [0.1, 0.15) is 5.15 Å². The lowest BCUT2D eigenvalue weighted by Gasteiger charge is -2.39. The number of benzene rings is 2. The molecular weight excluding hydrogens is 524 g/mol. The number of hydrogen-bond donors (Lipinski definition) is 0. The van der Waals surface area contributed by atoms with Gasteiger partial charge in [-0.15, -0.1) is 0 Å². The monoisotopic (exact) mass is 545 g/mol. The number of pyridine rings is 1. The Morgan fingerprint density at radius 3 is 2.46 bits per heavy atom. The van der Waals surface area contributed by atoms with Gasteiger partial charge in [0.2, 0.25) is 0 Å². The van der Waals surface area contributed by atoms with Crippen LogP contribution in [0.3, 0.4) is 0 Å². The Bertz CT molecular complexity index is 1300. The molecule has 35 heavy (non-hydrogen) atoms. The number of likely N-dealkylation sites (tertiary alicyclic amines) is 1. The molecule has 180 valence electrons. The first kappa shape index (κ1) is 24.6. The quantitative estimate of drug-likeness (QED) is 0.320. The summed E-state index contributed by atoms with van der Waals surface area (Å²) in [7, 11) is 0. The average molecular weight is 547 g/mol. The summed E-state index contributed by atoms with van der Waals surface area (Å²) in [6.07, 6.45) is 7.62. The van der Waals surface area contributed by atoms with Crippen molar-refractivity contribution in [2.75, 3.05) is 31.1 Å². The average Bonchev–Trinajstić information content (AvgIpc) is 3.14. The number of rotatable bonds is 4. The molecule has 1 fully saturated rings. The van der Waals surface area contributed by atoms with E-state index >= 15 is 0 Å². The van der Waals surface area contributed by atoms with Gasteiger partial charge in [0.25, 0.3) is 5.91 Å². The van der Waals surface area contributed by atoms with Gasteiger partial charge in [0.05, 0.1) is 0 Å². The summed E-state index contributed by atoms with van der Waals surface area (Å²) in [5.74, 6) is -0.0695. The van der Waals surface area contributed by atoms with Gasteiger partial charge in [-0.2, -0.15) is 0 Å². The van der Waals surface area contributed by atoms with E-state index in [1.165, 1.54) is 0 Å². The molecule has 3 heterocycles. The maximum Gasteiger partial charge on any atom is 0.258 e. The van der Waals surface area contributed by atoms with Gasteiger partial charge in [0.15, 0.2) is 0 Å². The van der Waals surface area contributed by atoms with Crippen LogP contribution >= 0.6 is 46.4 Å². The number of carbonyl (C=O) groups excluding carboxylic acids is 1. The van der Waals surface area contributed by atoms with Crippen LogP contribution in [0.25, 0.3) is 6.08 Å². The maximum atomic E-state index is 13.4. The Morgan fingerprint density at radius 1 is 0.971 bits per heavy atom. The molecule has 1 amide bonds. The number of carbonyl (C=O) groups is 1. The minimum Gasteiger partial charge on any atom is -0.307 e. The van der Waals surface area contributed by atoms with Gasteiger partial charge >= 0.3 is 0 Å². The van der Waals surface area contributed by atoms with Crippen molar-refractivity contribution < 1.29 is 4.79 Å². The Kier molecular flexibility index (Phi) is 7.11. The minimum absolute atomic E-state index is 0.0695. The van der Waals surface area contributed by atoms with Crippen molar-refractivity contribution in [1.82, 2.24) is 9.88 Å². The van der Waals surface area contributed by atoms with E-state index in [2.05, 4.69) is 16.0 Å². The number of fused-ring (bicyclic) bond motifs is 2. The van der Waals surface area contributed by atoms with Gasteiger partial charge in [-0.1, -0.05) is 64.6 Å². The largest absolute Gasteiger partial charge is 0.307 e. The predicted molar refractivity (Wildman–Crippen MR) is 145 cm³/mol. The van der Waals surface area contributed by atoms with Crippen molar-refractivity contribution in [2.24, 2.45) is 0 Å². The molecule has 4 nitrogen and oxygen atoms in total. The summed E-state index contributed by atoms with van der Waals surface area (Å²) >= 11 is 24.7. The van der Waals surface area contributed by atoms with E-state index in [9.17, 15) is 4.79 Å². The Labute approximate surface area is 225 Å². The molecular formula is C27H23Cl4N3O. The van der Waals surface area contributed by atoms with E-state index in [-0.39, 0.29) is 11.3 Å². The van der Waals surface area contributed by atoms with Gasteiger partial charge in [-0.3, -0.25) is 9.69 Å². The van der Waals surface area contributed by atoms with Crippen LogP contribution in [-0.4, -0.2) is 42.0 Å². The summed E-state index contributed by atoms with van der Waals surface area (Å²) in [5, 5.41) is 2.27. The highest BCUT2D eigenvalue weighted by Crippen LogP contribution is 2.48. The lowest BCUT2D eigenvalue weighted by atomic mass is 9.74. The highest BCUT2D eigenvalue weighted by Gasteiger charge is 2.46. The normalized spacial score (nSPS) is 17.3. The van der Waals surface area contributed by atoms with Crippen molar-refractivity contribution in [3.05, 3.63) is 97.7 Å². The standard InChI is InChI=1S/C27H23Cl4N3O/c28-20-5-6-24-22(15-20)27(17-34(24)26(35)19-7-10-32-25(31)14-19)8-12-33(13-9-27)11-1-2-18-3-4-21(29)16-23(18)30/h1-7,10,14-16H,8-9,11-13,17H2/b2-1+. The number of hydrogen-bond acceptors (Lipinski definition) is 3. The lowest BCUT2D eigenvalue weighted by Crippen LogP contribution is -2.46. The zero-order valence-corrected chi connectivity index (χ0v) is 21.9. The summed E-state index contributed by atoms with van der Waals surface area (Å²) in [4.78, 5) is 21.7. The smallest absolute Gasteiger partial charge is 0.258 e. The second-order valence-electron chi connectivity index (χ2n) is 9.07. The Hall–Kier alpha value is -2.08. The van der Waals surface area contributed by atoms with Crippen LogP contribution in [0.15, 0.2) is 60.8 Å². The molecule has 8 heteroatoms. The summed E-state index contributed by atoms with van der Waals surface area (Å²) in [6.45, 7) is 3.31. The molecule has 0 unspecified atom stereocenters. The van der Waals surface area contributed by atoms with Gasteiger partial charge in [-0.25, -0.2) is 4.98 Å². The first-order valence-corrected chi connectivity index (χ1v) is 12.9. The van der Waals surface area contributed by atoms with E-state index in [4.69, 9.17) is 46.4 Å². The maximum absolute atomic E-state index is 13.4. The fraction of sp³-hybridized carbons (Fsp3) is 0.259. The summed E-state index contributed by atoms with van der Waals surface area (Å²) in [6, 6.07) is 14.7. The first-order valence-electron chi connectivity index (χ1n) is 11.4. The predicted octanol–water partition coefficient (Wildman–Crippen LogP) is 7.40. The minimum atomic E-state index is -0.119. The van der Waals surface area contributed by atoms with Gasteiger partial charge in [0, 0.05) is 51.0 Å². The van der Waals surface area contributed by atoms with Crippen LogP contribution in [0.2, 0.25) is 20.2 Å². The van der Waals surface area contributed by atoms with Crippen LogP contribution in [0.1, 0.15) is 34.3 Å². The van der Waals surface area contributed by atoms with Crippen molar-refractivity contribution >= 4 is 64.1 Å². The lowest BCUT2D eigenvalue weighted by molar-refractivity contribution is 0.0977. The van der Waals surface area contributed by atoms with Crippen molar-refractivity contribution in [2.45, 2.75) is 18.3 Å². The van der Waals surface area contributed by atoms with Crippen LogP contribution in [0.4, 0.5) is 5.69 Å². The van der Waals surface area contributed by atoms with Crippen LogP contribution in [0, 0.1) is 0 Å². The Morgan fingerprint density at radius 2 is 1.71 bits per heavy atom. The SMILES string of the molecule is O=C(c1ccnc(Cl)c1)N1CC2(CCN(C/C=C/c3ccc(Cl)cc3Cl)CC2)c2cc(Cl)ccc21. The topological polar surface area (TPSA) is 36.4 Å². The van der Waals surface area contributed by atoms with Gasteiger partial charge < -0.3 is 4.90 Å². The second-order valence-corrected chi connectivity index (χ2v) is 10.7. The third-order valence-corrected chi connectivity index (χ3v) is 7.94.